The maximum Gasteiger partial charge on any atom is 0.249 e. The highest BCUT2D eigenvalue weighted by molar-refractivity contribution is 5.96. The lowest BCUT2D eigenvalue weighted by Gasteiger charge is -2.12. The van der Waals surface area contributed by atoms with E-state index in [-0.39, 0.29) is 12.5 Å². The van der Waals surface area contributed by atoms with E-state index in [4.69, 9.17) is 10.8 Å². The van der Waals surface area contributed by atoms with Gasteiger partial charge in [-0.3, -0.25) is 4.79 Å². The highest BCUT2D eigenvalue weighted by atomic mass is 16.2. The van der Waals surface area contributed by atoms with Crippen LogP contribution in [0.5, 0.6) is 0 Å². The molecule has 0 aliphatic rings. The molecule has 1 aromatic rings. The summed E-state index contributed by atoms with van der Waals surface area (Å²) in [5.41, 5.74) is 9.41. The molecule has 0 unspecified atom stereocenters. The molecule has 0 spiro atoms. The highest BCUT2D eigenvalue weighted by Crippen LogP contribution is 2.19. The first kappa shape index (κ1) is 15.7. The molecule has 0 heterocycles. The van der Waals surface area contributed by atoms with Gasteiger partial charge in [0.25, 0.3) is 0 Å². The molecule has 0 aromatic heterocycles. The van der Waals surface area contributed by atoms with Crippen molar-refractivity contribution >= 4 is 5.91 Å². The number of amides is 1. The van der Waals surface area contributed by atoms with Gasteiger partial charge in [-0.2, -0.15) is 0 Å². The summed E-state index contributed by atoms with van der Waals surface area (Å²) in [5.74, 6) is -0.311. The van der Waals surface area contributed by atoms with Crippen molar-refractivity contribution in [3.63, 3.8) is 0 Å². The van der Waals surface area contributed by atoms with Crippen LogP contribution in [0.4, 0.5) is 0 Å². The number of hydrogen-bond donors (Lipinski definition) is 2. The fourth-order valence-corrected chi connectivity index (χ4v) is 1.89. The van der Waals surface area contributed by atoms with Gasteiger partial charge in [-0.05, 0) is 43.4 Å². The molecule has 3 N–H and O–H groups in total. The Labute approximate surface area is 104 Å². The van der Waals surface area contributed by atoms with Gasteiger partial charge in [0.05, 0.1) is 0 Å². The quantitative estimate of drug-likeness (QED) is 0.846. The predicted molar refractivity (Wildman–Crippen MR) is 71.2 cm³/mol. The van der Waals surface area contributed by atoms with Gasteiger partial charge in [0.1, 0.15) is 0 Å². The fourth-order valence-electron chi connectivity index (χ4n) is 1.89. The Kier molecular flexibility index (Phi) is 7.22. The molecule has 3 nitrogen and oxygen atoms in total. The molecule has 0 saturated carbocycles. The monoisotopic (exact) mass is 237 g/mol. The number of carbonyl (C=O) groups is 1. The van der Waals surface area contributed by atoms with Gasteiger partial charge in [0.2, 0.25) is 5.91 Å². The van der Waals surface area contributed by atoms with Gasteiger partial charge < -0.3 is 10.8 Å². The minimum atomic E-state index is -0.311. The number of aliphatic hydroxyl groups is 1. The topological polar surface area (TPSA) is 63.3 Å². The Morgan fingerprint density at radius 2 is 1.76 bits per heavy atom. The lowest BCUT2D eigenvalue weighted by molar-refractivity contribution is 0.0998. The summed E-state index contributed by atoms with van der Waals surface area (Å²) in [7, 11) is 0. The van der Waals surface area contributed by atoms with Crippen molar-refractivity contribution < 1.29 is 9.90 Å². The molecule has 0 aliphatic heterocycles. The lowest BCUT2D eigenvalue weighted by atomic mass is 9.93. The second kappa shape index (κ2) is 7.85. The molecule has 0 bridgehead atoms. The lowest BCUT2D eigenvalue weighted by Crippen LogP contribution is -2.16. The zero-order chi connectivity index (χ0) is 13.4. The summed E-state index contributed by atoms with van der Waals surface area (Å²) in [5, 5.41) is 7.57. The van der Waals surface area contributed by atoms with Crippen LogP contribution < -0.4 is 5.73 Å². The SMILES string of the molecule is CCO.CCc1ccc(C)c(C(N)=O)c1CC. The number of hydrogen-bond acceptors (Lipinski definition) is 2. The maximum absolute atomic E-state index is 11.3. The minimum Gasteiger partial charge on any atom is -0.397 e. The Morgan fingerprint density at radius 3 is 2.12 bits per heavy atom. The maximum atomic E-state index is 11.3. The van der Waals surface area contributed by atoms with E-state index in [2.05, 4.69) is 19.9 Å². The summed E-state index contributed by atoms with van der Waals surface area (Å²) in [4.78, 5) is 11.3. The van der Waals surface area contributed by atoms with Gasteiger partial charge in [-0.15, -0.1) is 0 Å². The number of aryl methyl sites for hydroxylation is 2. The first-order valence-electron chi connectivity index (χ1n) is 6.05. The van der Waals surface area contributed by atoms with Crippen molar-refractivity contribution in [2.45, 2.75) is 40.5 Å². The third-order valence-corrected chi connectivity index (χ3v) is 2.60. The number of nitrogens with two attached hydrogens (primary N) is 1. The molecule has 17 heavy (non-hydrogen) atoms. The van der Waals surface area contributed by atoms with Gasteiger partial charge in [-0.1, -0.05) is 26.0 Å². The molecule has 3 heteroatoms. The van der Waals surface area contributed by atoms with Crippen molar-refractivity contribution in [1.82, 2.24) is 0 Å². The van der Waals surface area contributed by atoms with Crippen LogP contribution in [-0.2, 0) is 12.8 Å². The Bertz CT molecular complexity index is 373. The summed E-state index contributed by atoms with van der Waals surface area (Å²) >= 11 is 0. The van der Waals surface area contributed by atoms with Crippen LogP contribution in [-0.4, -0.2) is 17.6 Å². The second-order valence-corrected chi connectivity index (χ2v) is 3.78. The standard InChI is InChI=1S/C12H17NO.C2H6O/c1-4-9-7-6-8(3)11(12(13)14)10(9)5-2;1-2-3/h6-7H,4-5H2,1-3H3,(H2,13,14);3H,2H2,1H3. The Balaban J connectivity index is 0.000000770. The van der Waals surface area contributed by atoms with E-state index in [0.717, 1.165) is 24.0 Å². The van der Waals surface area contributed by atoms with Crippen LogP contribution in [0, 0.1) is 6.92 Å². The van der Waals surface area contributed by atoms with Crippen LogP contribution in [0.3, 0.4) is 0 Å². The number of primary amides is 1. The van der Waals surface area contributed by atoms with Crippen LogP contribution in [0.2, 0.25) is 0 Å². The summed E-state index contributed by atoms with van der Waals surface area (Å²) in [6.07, 6.45) is 1.81. The number of carbonyl (C=O) groups excluding carboxylic acids is 1. The van der Waals surface area contributed by atoms with Gasteiger partial charge in [0, 0.05) is 12.2 Å². The molecule has 0 saturated heterocycles. The van der Waals surface area contributed by atoms with Gasteiger partial charge >= 0.3 is 0 Å². The average Bonchev–Trinajstić information content (AvgIpc) is 2.28. The second-order valence-electron chi connectivity index (χ2n) is 3.78. The van der Waals surface area contributed by atoms with Crippen LogP contribution in [0.1, 0.15) is 47.8 Å². The van der Waals surface area contributed by atoms with E-state index >= 15 is 0 Å². The summed E-state index contributed by atoms with van der Waals surface area (Å²) < 4.78 is 0. The molecule has 0 fully saturated rings. The van der Waals surface area contributed by atoms with Gasteiger partial charge in [-0.25, -0.2) is 0 Å². The van der Waals surface area contributed by atoms with E-state index < -0.39 is 0 Å². The van der Waals surface area contributed by atoms with E-state index in [1.807, 2.05) is 13.0 Å². The molecule has 1 amide bonds. The minimum absolute atomic E-state index is 0.250. The predicted octanol–water partition coefficient (Wildman–Crippen LogP) is 2.22. The van der Waals surface area contributed by atoms with Crippen molar-refractivity contribution in [3.05, 3.63) is 34.4 Å². The molecular weight excluding hydrogens is 214 g/mol. The van der Waals surface area contributed by atoms with Crippen molar-refractivity contribution in [1.29, 1.82) is 0 Å². The van der Waals surface area contributed by atoms with Crippen LogP contribution >= 0.6 is 0 Å². The fraction of sp³-hybridized carbons (Fsp3) is 0.500. The molecule has 96 valence electrons. The summed E-state index contributed by atoms with van der Waals surface area (Å²) in [6.45, 7) is 8.01. The Morgan fingerprint density at radius 1 is 1.24 bits per heavy atom. The van der Waals surface area contributed by atoms with E-state index in [1.54, 1.807) is 6.92 Å². The van der Waals surface area contributed by atoms with Crippen LogP contribution in [0.25, 0.3) is 0 Å². The normalized spacial score (nSPS) is 9.47. The zero-order valence-corrected chi connectivity index (χ0v) is 11.2. The Hall–Kier alpha value is -1.35. The van der Waals surface area contributed by atoms with Crippen molar-refractivity contribution in [2.24, 2.45) is 5.73 Å². The van der Waals surface area contributed by atoms with E-state index in [0.29, 0.717) is 5.56 Å². The smallest absolute Gasteiger partial charge is 0.249 e. The first-order chi connectivity index (χ1) is 8.03. The van der Waals surface area contributed by atoms with Gasteiger partial charge in [0.15, 0.2) is 0 Å². The van der Waals surface area contributed by atoms with Crippen molar-refractivity contribution in [2.75, 3.05) is 6.61 Å². The first-order valence-corrected chi connectivity index (χ1v) is 6.05. The highest BCUT2D eigenvalue weighted by Gasteiger charge is 2.12. The van der Waals surface area contributed by atoms with Crippen molar-refractivity contribution in [3.8, 4) is 0 Å². The zero-order valence-electron chi connectivity index (χ0n) is 11.2. The molecule has 1 aromatic carbocycles. The largest absolute Gasteiger partial charge is 0.397 e. The molecule has 0 radical (unpaired) electrons. The van der Waals surface area contributed by atoms with Crippen LogP contribution in [0.15, 0.2) is 12.1 Å². The molecule has 1 rings (SSSR count). The third-order valence-electron chi connectivity index (χ3n) is 2.60. The molecular formula is C14H23NO2. The summed E-state index contributed by atoms with van der Waals surface area (Å²) in [6, 6.07) is 4.05. The average molecular weight is 237 g/mol. The molecule has 0 aliphatic carbocycles. The number of aliphatic hydroxyl groups excluding tert-OH is 1. The number of rotatable bonds is 3. The van der Waals surface area contributed by atoms with E-state index in [1.165, 1.54) is 5.56 Å². The molecule has 0 atom stereocenters. The number of benzene rings is 1. The third kappa shape index (κ3) is 4.19. The van der Waals surface area contributed by atoms with E-state index in [9.17, 15) is 4.79 Å².